The normalized spacial score (nSPS) is 15.5. The van der Waals surface area contributed by atoms with E-state index in [9.17, 15) is 0 Å². The molecule has 4 aliphatic rings. The van der Waals surface area contributed by atoms with Crippen LogP contribution in [0.1, 0.15) is 180 Å². The van der Waals surface area contributed by atoms with Crippen LogP contribution in [0.25, 0.3) is 0 Å². The topological polar surface area (TPSA) is 145 Å². The molecule has 8 rings (SSSR count). The third-order valence-electron chi connectivity index (χ3n) is 9.03. The summed E-state index contributed by atoms with van der Waals surface area (Å²) in [6.07, 6.45) is 10.2. The van der Waals surface area contributed by atoms with Gasteiger partial charge < -0.3 is 59.7 Å². The fourth-order valence-electron chi connectivity index (χ4n) is 5.06. The second-order valence-corrected chi connectivity index (χ2v) is 19.8. The fraction of sp³-hybridized carbons (Fsp3) is 0.750. The van der Waals surface area contributed by atoms with E-state index in [4.69, 9.17) is 18.9 Å². The molecular formula is C48H84Eu2N8O4. The minimum atomic E-state index is 0. The molecule has 0 spiro atoms. The predicted octanol–water partition coefficient (Wildman–Crippen LogP) is 9.77. The Balaban J connectivity index is 0. The van der Waals surface area contributed by atoms with Gasteiger partial charge in [-0.3, -0.25) is 0 Å². The van der Waals surface area contributed by atoms with E-state index >= 15 is 0 Å². The number of rotatable bonds is 0. The molecule has 4 aliphatic heterocycles. The van der Waals surface area contributed by atoms with Gasteiger partial charge >= 0.3 is 98.8 Å². The molecule has 0 aromatic carbocycles. The Kier molecular flexibility index (Phi) is 35.3. The van der Waals surface area contributed by atoms with Crippen molar-refractivity contribution in [3.63, 3.8) is 0 Å². The molecule has 0 saturated carbocycles. The predicted molar refractivity (Wildman–Crippen MR) is 244 cm³/mol. The van der Waals surface area contributed by atoms with Gasteiger partial charge in [0.15, 0.2) is 0 Å². The van der Waals surface area contributed by atoms with Crippen LogP contribution < -0.4 is 20.4 Å². The second kappa shape index (κ2) is 34.2. The molecule has 0 bridgehead atoms. The number of hydrogen-bond donors (Lipinski definition) is 0. The van der Waals surface area contributed by atoms with E-state index in [1.165, 1.54) is 51.4 Å². The van der Waals surface area contributed by atoms with Gasteiger partial charge in [-0.2, -0.15) is 0 Å². The zero-order valence-electron chi connectivity index (χ0n) is 41.6. The van der Waals surface area contributed by atoms with Crippen LogP contribution in [0.15, 0.2) is 24.3 Å². The SMILES string of the molecule is C1CCOC1.C1CCOC1.C1CCOC1.C1CCOC1.Cc1cc(C(C)(C)C)[n-]n1.Cc1cc(C(C)(C)C)n[n-]1.Cc1cc(C(C)(C)C)n[n-]1.Cc1cc(C(C)(C)C)n[n-]1.[Eu+2].[Eu+2]. The maximum Gasteiger partial charge on any atom is 2.00 e. The summed E-state index contributed by atoms with van der Waals surface area (Å²) in [5.74, 6) is 0. The Morgan fingerprint density at radius 3 is 0.677 bits per heavy atom. The molecule has 2 radical (unpaired) electrons. The average Bonchev–Trinajstić information content (AvgIpc) is 4.02. The third-order valence-corrected chi connectivity index (χ3v) is 9.03. The molecule has 12 nitrogen and oxygen atoms in total. The molecule has 0 unspecified atom stereocenters. The van der Waals surface area contributed by atoms with E-state index in [-0.39, 0.29) is 120 Å². The number of aryl methyl sites for hydroxylation is 4. The molecule has 0 amide bonds. The average molecular weight is 1140 g/mol. The zero-order chi connectivity index (χ0) is 45.2. The van der Waals surface area contributed by atoms with E-state index in [0.717, 1.165) is 98.4 Å². The molecule has 8 heterocycles. The van der Waals surface area contributed by atoms with Crippen molar-refractivity contribution >= 4 is 0 Å². The van der Waals surface area contributed by atoms with Crippen LogP contribution in [0, 0.1) is 126 Å². The van der Waals surface area contributed by atoms with Gasteiger partial charge in [-0.15, -0.1) is 22.8 Å². The summed E-state index contributed by atoms with van der Waals surface area (Å²) in [5, 5.41) is 31.9. The summed E-state index contributed by atoms with van der Waals surface area (Å²) in [7, 11) is 0. The molecule has 4 saturated heterocycles. The van der Waals surface area contributed by atoms with Crippen LogP contribution in [0.4, 0.5) is 0 Å². The molecule has 62 heavy (non-hydrogen) atoms. The Morgan fingerprint density at radius 1 is 0.355 bits per heavy atom. The maximum atomic E-state index is 4.94. The second-order valence-electron chi connectivity index (χ2n) is 19.8. The monoisotopic (exact) mass is 1140 g/mol. The van der Waals surface area contributed by atoms with Crippen molar-refractivity contribution in [2.24, 2.45) is 0 Å². The summed E-state index contributed by atoms with van der Waals surface area (Å²) >= 11 is 0. The quantitative estimate of drug-likeness (QED) is 0.165. The van der Waals surface area contributed by atoms with Gasteiger partial charge in [-0.25, -0.2) is 0 Å². The van der Waals surface area contributed by atoms with Gasteiger partial charge in [-0.05, 0) is 63.7 Å². The van der Waals surface area contributed by atoms with Gasteiger partial charge in [0.1, 0.15) is 0 Å². The number of ether oxygens (including phenoxy) is 4. The van der Waals surface area contributed by atoms with E-state index in [1.54, 1.807) is 0 Å². The third kappa shape index (κ3) is 32.5. The molecule has 4 fully saturated rings. The number of aromatic nitrogens is 8. The molecule has 4 aromatic heterocycles. The first-order valence-corrected chi connectivity index (χ1v) is 22.2. The van der Waals surface area contributed by atoms with Crippen LogP contribution in [0.5, 0.6) is 0 Å². The standard InChI is InChI=1S/4C8H13N2.4C4H8O.2Eu/c4*1-6-5-7(10-9-6)8(2,3)4;4*1-2-4-5-3-1;;/h4*5H,1-4H3;4*1-4H2;;/q4*-1;;;;;2*+2. The van der Waals surface area contributed by atoms with Gasteiger partial charge in [0.25, 0.3) is 0 Å². The van der Waals surface area contributed by atoms with Gasteiger partial charge in [0.05, 0.1) is 0 Å². The van der Waals surface area contributed by atoms with Crippen molar-refractivity contribution in [1.82, 2.24) is 40.8 Å². The summed E-state index contributed by atoms with van der Waals surface area (Å²) in [4.78, 5) is 0. The summed E-state index contributed by atoms with van der Waals surface area (Å²) < 4.78 is 19.8. The van der Waals surface area contributed by atoms with Gasteiger partial charge in [0, 0.05) is 91.9 Å². The van der Waals surface area contributed by atoms with Crippen molar-refractivity contribution in [1.29, 1.82) is 0 Å². The van der Waals surface area contributed by atoms with Crippen LogP contribution in [-0.4, -0.2) is 73.2 Å². The minimum Gasteiger partial charge on any atom is -0.579 e. The van der Waals surface area contributed by atoms with Crippen molar-refractivity contribution in [3.05, 3.63) is 69.8 Å². The van der Waals surface area contributed by atoms with Crippen LogP contribution in [-0.2, 0) is 40.6 Å². The minimum absolute atomic E-state index is 0. The molecule has 4 aromatic rings. The van der Waals surface area contributed by atoms with E-state index in [2.05, 4.69) is 124 Å². The van der Waals surface area contributed by atoms with E-state index in [1.807, 2.05) is 52.0 Å². The maximum absolute atomic E-state index is 4.94. The Labute approximate surface area is 459 Å². The zero-order valence-corrected chi connectivity index (χ0v) is 46.4. The first-order valence-electron chi connectivity index (χ1n) is 22.2. The van der Waals surface area contributed by atoms with Gasteiger partial charge in [0.2, 0.25) is 0 Å². The van der Waals surface area contributed by atoms with Crippen molar-refractivity contribution in [3.8, 4) is 0 Å². The molecule has 0 N–H and O–H groups in total. The summed E-state index contributed by atoms with van der Waals surface area (Å²) in [5.41, 5.74) is 8.88. The number of hydrogen-bond acceptors (Lipinski definition) is 8. The Hall–Kier alpha value is -0.151. The first kappa shape index (κ1) is 63.9. The van der Waals surface area contributed by atoms with Crippen molar-refractivity contribution < 1.29 is 118 Å². The van der Waals surface area contributed by atoms with Crippen LogP contribution in [0.2, 0.25) is 0 Å². The van der Waals surface area contributed by atoms with E-state index in [0.29, 0.717) is 0 Å². The fourth-order valence-corrected chi connectivity index (χ4v) is 5.06. The number of nitrogens with zero attached hydrogens (tertiary/aromatic N) is 8. The van der Waals surface area contributed by atoms with Crippen molar-refractivity contribution in [2.75, 3.05) is 52.9 Å². The molecular weight excluding hydrogens is 1060 g/mol. The smallest absolute Gasteiger partial charge is 0.579 e. The Bertz CT molecular complexity index is 1350. The van der Waals surface area contributed by atoms with Crippen molar-refractivity contribution in [2.45, 2.75) is 184 Å². The molecule has 354 valence electrons. The summed E-state index contributed by atoms with van der Waals surface area (Å²) in [6.45, 7) is 41.5. The van der Waals surface area contributed by atoms with Crippen LogP contribution >= 0.6 is 0 Å². The first-order chi connectivity index (χ1) is 28.0. The Morgan fingerprint density at radius 2 is 0.597 bits per heavy atom. The largest absolute Gasteiger partial charge is 2.00 e. The van der Waals surface area contributed by atoms with Gasteiger partial charge in [-0.1, -0.05) is 128 Å². The van der Waals surface area contributed by atoms with E-state index < -0.39 is 0 Å². The molecule has 0 aliphatic carbocycles. The summed E-state index contributed by atoms with van der Waals surface area (Å²) in [6, 6.07) is 8.11. The van der Waals surface area contributed by atoms with Crippen LogP contribution in [0.3, 0.4) is 0 Å². The molecule has 0 atom stereocenters. The molecule has 14 heteroatoms.